The summed E-state index contributed by atoms with van der Waals surface area (Å²) in [6.45, 7) is 0.0947. The van der Waals surface area contributed by atoms with Crippen LogP contribution in [0.3, 0.4) is 0 Å². The molecular weight excluding hydrogens is 526 g/mol. The number of piperidine rings is 1. The largest absolute Gasteiger partial charge is 0.495 e. The number of para-hydroxylation sites is 1. The molecule has 2 heterocycles. The summed E-state index contributed by atoms with van der Waals surface area (Å²) < 4.78 is 17.1. The Morgan fingerprint density at radius 3 is 2.51 bits per heavy atom. The first-order chi connectivity index (χ1) is 19.9. The third-order valence-electron chi connectivity index (χ3n) is 7.55. The summed E-state index contributed by atoms with van der Waals surface area (Å²) in [4.78, 5) is 51.2. The zero-order valence-corrected chi connectivity index (χ0v) is 22.5. The van der Waals surface area contributed by atoms with E-state index < -0.39 is 18.0 Å². The van der Waals surface area contributed by atoms with Crippen LogP contribution in [0.5, 0.6) is 17.2 Å². The van der Waals surface area contributed by atoms with Crippen LogP contribution in [-0.2, 0) is 27.5 Å². The van der Waals surface area contributed by atoms with E-state index in [9.17, 15) is 19.2 Å². The molecular formula is C31H29N3O7. The fourth-order valence-electron chi connectivity index (χ4n) is 5.35. The molecule has 3 aromatic carbocycles. The number of carbonyl (C=O) groups is 4. The molecule has 4 amide bonds. The lowest BCUT2D eigenvalue weighted by Gasteiger charge is -2.29. The Morgan fingerprint density at radius 1 is 1.00 bits per heavy atom. The van der Waals surface area contributed by atoms with Crippen molar-refractivity contribution in [1.82, 2.24) is 10.2 Å². The molecule has 210 valence electrons. The van der Waals surface area contributed by atoms with Gasteiger partial charge in [-0.25, -0.2) is 4.79 Å². The lowest BCUT2D eigenvalue weighted by molar-refractivity contribution is -0.136. The van der Waals surface area contributed by atoms with Gasteiger partial charge in [-0.15, -0.1) is 0 Å². The summed E-state index contributed by atoms with van der Waals surface area (Å²) in [7, 11) is 1.44. The van der Waals surface area contributed by atoms with Crippen molar-refractivity contribution in [3.05, 3.63) is 82.9 Å². The number of anilines is 1. The predicted molar refractivity (Wildman–Crippen MR) is 148 cm³/mol. The molecule has 1 saturated carbocycles. The Hall–Kier alpha value is -4.86. The minimum absolute atomic E-state index is 0.132. The van der Waals surface area contributed by atoms with Crippen LogP contribution in [0, 0.1) is 0 Å². The van der Waals surface area contributed by atoms with Crippen LogP contribution in [0.1, 0.15) is 58.6 Å². The molecule has 3 aromatic rings. The summed E-state index contributed by atoms with van der Waals surface area (Å²) in [6, 6.07) is 17.8. The summed E-state index contributed by atoms with van der Waals surface area (Å²) >= 11 is 0. The van der Waals surface area contributed by atoms with E-state index in [0.717, 1.165) is 5.75 Å². The molecule has 0 aromatic heterocycles. The van der Waals surface area contributed by atoms with E-state index in [-0.39, 0.29) is 37.8 Å². The number of rotatable bonds is 8. The van der Waals surface area contributed by atoms with Crippen LogP contribution < -0.4 is 20.1 Å². The normalized spacial score (nSPS) is 18.0. The van der Waals surface area contributed by atoms with E-state index in [1.54, 1.807) is 36.4 Å². The van der Waals surface area contributed by atoms with Gasteiger partial charge in [0.15, 0.2) is 0 Å². The van der Waals surface area contributed by atoms with Crippen molar-refractivity contribution >= 4 is 29.5 Å². The molecule has 3 aliphatic rings. The van der Waals surface area contributed by atoms with Crippen LogP contribution in [0.25, 0.3) is 0 Å². The van der Waals surface area contributed by atoms with Crippen molar-refractivity contribution in [3.63, 3.8) is 0 Å². The first-order valence-electron chi connectivity index (χ1n) is 13.6. The number of nitrogens with zero attached hydrogens (tertiary/aromatic N) is 1. The smallest absolute Gasteiger partial charge is 0.411 e. The lowest BCUT2D eigenvalue weighted by atomic mass is 10.0. The van der Waals surface area contributed by atoms with Crippen LogP contribution in [0.15, 0.2) is 60.7 Å². The summed E-state index contributed by atoms with van der Waals surface area (Å²) in [5.41, 5.74) is 3.29. The quantitative estimate of drug-likeness (QED) is 0.380. The minimum atomic E-state index is -0.729. The van der Waals surface area contributed by atoms with Gasteiger partial charge in [0.1, 0.15) is 29.9 Å². The molecule has 2 N–H and O–H groups in total. The Kier molecular flexibility index (Phi) is 7.05. The molecule has 1 atom stereocenters. The molecule has 0 bridgehead atoms. The molecule has 0 radical (unpaired) electrons. The molecule has 10 nitrogen and oxygen atoms in total. The molecule has 1 aliphatic carbocycles. The highest BCUT2D eigenvalue weighted by atomic mass is 16.5. The van der Waals surface area contributed by atoms with Crippen molar-refractivity contribution in [2.45, 2.75) is 50.8 Å². The zero-order valence-electron chi connectivity index (χ0n) is 22.5. The van der Waals surface area contributed by atoms with Gasteiger partial charge in [0.05, 0.1) is 12.7 Å². The standard InChI is InChI=1S/C31H29N3O7/c1-39-28-20(9-8-19-16-34(30(37)27(19)28)24-14-15-26(35)33-29(24)36)17-40-31(38)32-21-10-12-22(13-11-21)41-25-5-3-2-4-23(25)18-6-7-18/h2-5,8-13,18,24H,6-7,14-17H2,1H3,(H,32,38)(H,33,35,36). The van der Waals surface area contributed by atoms with E-state index in [1.807, 2.05) is 18.2 Å². The van der Waals surface area contributed by atoms with E-state index in [4.69, 9.17) is 14.2 Å². The number of fused-ring (bicyclic) bond motifs is 1. The Balaban J connectivity index is 1.07. The van der Waals surface area contributed by atoms with Crippen molar-refractivity contribution in [2.24, 2.45) is 0 Å². The van der Waals surface area contributed by atoms with Gasteiger partial charge >= 0.3 is 6.09 Å². The molecule has 2 fully saturated rings. The topological polar surface area (TPSA) is 123 Å². The summed E-state index contributed by atoms with van der Waals surface area (Å²) in [5, 5.41) is 4.99. The Morgan fingerprint density at radius 2 is 1.78 bits per heavy atom. The number of benzene rings is 3. The van der Waals surface area contributed by atoms with Crippen LogP contribution >= 0.6 is 0 Å². The second-order valence-corrected chi connectivity index (χ2v) is 10.3. The zero-order chi connectivity index (χ0) is 28.5. The van der Waals surface area contributed by atoms with Gasteiger partial charge in [-0.05, 0) is 66.6 Å². The Bertz CT molecular complexity index is 1530. The van der Waals surface area contributed by atoms with E-state index in [2.05, 4.69) is 16.7 Å². The number of hydrogen-bond donors (Lipinski definition) is 2. The average Bonchev–Trinajstić information content (AvgIpc) is 3.76. The number of amides is 4. The van der Waals surface area contributed by atoms with E-state index in [0.29, 0.717) is 39.8 Å². The number of carbonyl (C=O) groups excluding carboxylic acids is 4. The van der Waals surface area contributed by atoms with Crippen LogP contribution in [0.4, 0.5) is 10.5 Å². The van der Waals surface area contributed by atoms with Crippen molar-refractivity contribution < 1.29 is 33.4 Å². The molecule has 41 heavy (non-hydrogen) atoms. The van der Waals surface area contributed by atoms with Crippen LogP contribution in [-0.4, -0.2) is 41.9 Å². The lowest BCUT2D eigenvalue weighted by Crippen LogP contribution is -2.52. The molecule has 2 aliphatic heterocycles. The number of ether oxygens (including phenoxy) is 3. The highest BCUT2D eigenvalue weighted by molar-refractivity contribution is 6.06. The van der Waals surface area contributed by atoms with Crippen molar-refractivity contribution in [1.29, 1.82) is 0 Å². The first kappa shape index (κ1) is 26.4. The third kappa shape index (κ3) is 5.45. The van der Waals surface area contributed by atoms with Gasteiger partial charge in [-0.3, -0.25) is 25.0 Å². The highest BCUT2D eigenvalue weighted by Crippen LogP contribution is 2.45. The molecule has 6 rings (SSSR count). The van der Waals surface area contributed by atoms with Gasteiger partial charge in [0.25, 0.3) is 5.91 Å². The number of methoxy groups -OCH3 is 1. The van der Waals surface area contributed by atoms with Crippen molar-refractivity contribution in [2.75, 3.05) is 12.4 Å². The highest BCUT2D eigenvalue weighted by Gasteiger charge is 2.41. The molecule has 10 heteroatoms. The van der Waals surface area contributed by atoms with E-state index >= 15 is 0 Å². The fourth-order valence-corrected chi connectivity index (χ4v) is 5.35. The summed E-state index contributed by atoms with van der Waals surface area (Å²) in [6.07, 6.45) is 2.13. The number of hydrogen-bond acceptors (Lipinski definition) is 7. The Labute approximate surface area is 236 Å². The second kappa shape index (κ2) is 11.0. The maximum atomic E-state index is 13.3. The SMILES string of the molecule is COc1c(COC(=O)Nc2ccc(Oc3ccccc3C3CC3)cc2)ccc2c1C(=O)N(C1CCC(=O)NC1=O)C2. The average molecular weight is 556 g/mol. The maximum absolute atomic E-state index is 13.3. The molecule has 0 spiro atoms. The summed E-state index contributed by atoms with van der Waals surface area (Å²) in [5.74, 6) is 1.18. The van der Waals surface area contributed by atoms with Gasteiger partial charge in [0.2, 0.25) is 11.8 Å². The minimum Gasteiger partial charge on any atom is -0.495 e. The van der Waals surface area contributed by atoms with Gasteiger partial charge in [-0.2, -0.15) is 0 Å². The van der Waals surface area contributed by atoms with Gasteiger partial charge < -0.3 is 19.1 Å². The monoisotopic (exact) mass is 555 g/mol. The molecule has 1 saturated heterocycles. The third-order valence-corrected chi connectivity index (χ3v) is 7.55. The number of imide groups is 1. The van der Waals surface area contributed by atoms with E-state index in [1.165, 1.54) is 30.4 Å². The van der Waals surface area contributed by atoms with Gasteiger partial charge in [0, 0.05) is 24.2 Å². The fraction of sp³-hybridized carbons (Fsp3) is 0.290. The maximum Gasteiger partial charge on any atom is 0.411 e. The predicted octanol–water partition coefficient (Wildman–Crippen LogP) is 4.87. The number of nitrogens with one attached hydrogen (secondary N) is 2. The van der Waals surface area contributed by atoms with Crippen LogP contribution in [0.2, 0.25) is 0 Å². The molecule has 1 unspecified atom stereocenters. The first-order valence-corrected chi connectivity index (χ1v) is 13.6. The second-order valence-electron chi connectivity index (χ2n) is 10.3. The van der Waals surface area contributed by atoms with Crippen molar-refractivity contribution in [3.8, 4) is 17.2 Å². The van der Waals surface area contributed by atoms with Gasteiger partial charge in [-0.1, -0.05) is 30.3 Å².